The van der Waals surface area contributed by atoms with Crippen LogP contribution in [0.15, 0.2) is 0 Å². The van der Waals surface area contributed by atoms with E-state index in [0.717, 1.165) is 0 Å². The normalized spacial score (nSPS) is 27.8. The second-order valence-corrected chi connectivity index (χ2v) is 6.19. The molecule has 2 heteroatoms. The predicted molar refractivity (Wildman–Crippen MR) is 67.6 cm³/mol. The van der Waals surface area contributed by atoms with E-state index in [-0.39, 0.29) is 0 Å². The smallest absolute Gasteiger partial charge is 0.0579 e. The van der Waals surface area contributed by atoms with E-state index in [2.05, 4.69) is 25.8 Å². The van der Waals surface area contributed by atoms with Gasteiger partial charge in [-0.15, -0.1) is 0 Å². The average molecular weight is 225 g/mol. The Morgan fingerprint density at radius 1 is 1.06 bits per heavy atom. The molecule has 1 aliphatic heterocycles. The summed E-state index contributed by atoms with van der Waals surface area (Å²) in [6.45, 7) is 6.91. The molecule has 2 rings (SSSR count). The van der Waals surface area contributed by atoms with Crippen molar-refractivity contribution in [3.63, 3.8) is 0 Å². The molecule has 1 saturated carbocycles. The lowest BCUT2D eigenvalue weighted by atomic mass is 9.67. The third-order valence-corrected chi connectivity index (χ3v) is 4.51. The molecule has 2 fully saturated rings. The zero-order valence-corrected chi connectivity index (χ0v) is 11.2. The van der Waals surface area contributed by atoms with Gasteiger partial charge in [0.2, 0.25) is 0 Å². The largest absolute Gasteiger partial charge is 0.376 e. The Morgan fingerprint density at radius 3 is 2.12 bits per heavy atom. The first-order valence-corrected chi connectivity index (χ1v) is 6.94. The van der Waals surface area contributed by atoms with Crippen LogP contribution in [-0.2, 0) is 4.74 Å². The van der Waals surface area contributed by atoms with Crippen LogP contribution in [0.2, 0.25) is 0 Å². The molecule has 0 N–H and O–H groups in total. The Balaban J connectivity index is 1.80. The molecular formula is C14H27NO. The van der Waals surface area contributed by atoms with Crippen LogP contribution < -0.4 is 0 Å². The molecule has 0 radical (unpaired) electrons. The maximum atomic E-state index is 5.94. The van der Waals surface area contributed by atoms with Crippen molar-refractivity contribution in [1.82, 2.24) is 4.90 Å². The number of hydrogen-bond acceptors (Lipinski definition) is 2. The monoisotopic (exact) mass is 225 g/mol. The van der Waals surface area contributed by atoms with E-state index in [4.69, 9.17) is 4.74 Å². The highest BCUT2D eigenvalue weighted by Gasteiger charge is 2.37. The highest BCUT2D eigenvalue weighted by Crippen LogP contribution is 2.45. The second-order valence-electron chi connectivity index (χ2n) is 6.19. The van der Waals surface area contributed by atoms with Gasteiger partial charge >= 0.3 is 0 Å². The molecule has 94 valence electrons. The van der Waals surface area contributed by atoms with Crippen LogP contribution in [0.25, 0.3) is 0 Å². The van der Waals surface area contributed by atoms with Gasteiger partial charge in [0.25, 0.3) is 0 Å². The van der Waals surface area contributed by atoms with Gasteiger partial charge in [-0.2, -0.15) is 0 Å². The molecule has 0 unspecified atom stereocenters. The van der Waals surface area contributed by atoms with Crippen molar-refractivity contribution < 1.29 is 4.74 Å². The van der Waals surface area contributed by atoms with E-state index >= 15 is 0 Å². The van der Waals surface area contributed by atoms with Gasteiger partial charge in [0.15, 0.2) is 0 Å². The minimum absolute atomic E-state index is 0.400. The average Bonchev–Trinajstić information content (AvgIpc) is 2.26. The Hall–Kier alpha value is -0.0800. The van der Waals surface area contributed by atoms with Gasteiger partial charge in [0, 0.05) is 0 Å². The Morgan fingerprint density at radius 2 is 1.62 bits per heavy atom. The minimum atomic E-state index is 0.400. The summed E-state index contributed by atoms with van der Waals surface area (Å²) in [7, 11) is 2.25. The van der Waals surface area contributed by atoms with E-state index in [0.29, 0.717) is 17.6 Å². The first-order chi connectivity index (χ1) is 7.60. The van der Waals surface area contributed by atoms with Crippen molar-refractivity contribution in [3.8, 4) is 0 Å². The molecule has 0 aromatic rings. The lowest BCUT2D eigenvalue weighted by Crippen LogP contribution is -2.41. The van der Waals surface area contributed by atoms with Crippen molar-refractivity contribution in [2.75, 3.05) is 20.1 Å². The fourth-order valence-electron chi connectivity index (χ4n) is 3.32. The molecule has 16 heavy (non-hydrogen) atoms. The summed E-state index contributed by atoms with van der Waals surface area (Å²) in [5.74, 6) is 0. The Labute approximate surface area is 100 Å². The number of piperidine rings is 1. The van der Waals surface area contributed by atoms with Crippen molar-refractivity contribution in [2.24, 2.45) is 5.41 Å². The van der Waals surface area contributed by atoms with E-state index < -0.39 is 0 Å². The molecule has 1 spiro atoms. The Kier molecular flexibility index (Phi) is 3.91. The molecule has 0 atom stereocenters. The molecule has 1 saturated heterocycles. The molecule has 0 aromatic carbocycles. The summed E-state index contributed by atoms with van der Waals surface area (Å²) < 4.78 is 5.94. The summed E-state index contributed by atoms with van der Waals surface area (Å²) in [4.78, 5) is 2.47. The van der Waals surface area contributed by atoms with Crippen molar-refractivity contribution in [1.29, 1.82) is 0 Å². The van der Waals surface area contributed by atoms with Crippen LogP contribution in [0, 0.1) is 5.41 Å². The summed E-state index contributed by atoms with van der Waals surface area (Å²) in [5.41, 5.74) is 0.684. The van der Waals surface area contributed by atoms with Gasteiger partial charge in [-0.05, 0) is 77.9 Å². The maximum absolute atomic E-state index is 5.94. The number of rotatable bonds is 2. The zero-order chi connectivity index (χ0) is 11.6. The molecular weight excluding hydrogens is 198 g/mol. The van der Waals surface area contributed by atoms with Gasteiger partial charge in [-0.3, -0.25) is 0 Å². The van der Waals surface area contributed by atoms with Crippen molar-refractivity contribution in [2.45, 2.75) is 64.6 Å². The van der Waals surface area contributed by atoms with Gasteiger partial charge in [-0.1, -0.05) is 0 Å². The quantitative estimate of drug-likeness (QED) is 0.716. The zero-order valence-electron chi connectivity index (χ0n) is 11.2. The minimum Gasteiger partial charge on any atom is -0.376 e. The van der Waals surface area contributed by atoms with Crippen LogP contribution in [0.3, 0.4) is 0 Å². The van der Waals surface area contributed by atoms with Crippen molar-refractivity contribution >= 4 is 0 Å². The number of hydrogen-bond donors (Lipinski definition) is 0. The Bertz CT molecular complexity index is 209. The van der Waals surface area contributed by atoms with E-state index in [1.54, 1.807) is 0 Å². The fourth-order valence-corrected chi connectivity index (χ4v) is 3.32. The van der Waals surface area contributed by atoms with Crippen molar-refractivity contribution in [3.05, 3.63) is 0 Å². The SMILES string of the molecule is CC(C)OC1CCC2(CC1)CCN(C)CC2. The van der Waals surface area contributed by atoms with Crippen LogP contribution in [0.4, 0.5) is 0 Å². The number of nitrogens with zero attached hydrogens (tertiary/aromatic N) is 1. The third kappa shape index (κ3) is 2.98. The molecule has 1 aliphatic carbocycles. The number of ether oxygens (including phenoxy) is 1. The van der Waals surface area contributed by atoms with Gasteiger partial charge in [0.05, 0.1) is 12.2 Å². The summed E-state index contributed by atoms with van der Waals surface area (Å²) >= 11 is 0. The maximum Gasteiger partial charge on any atom is 0.0579 e. The second kappa shape index (κ2) is 5.05. The standard InChI is InChI=1S/C14H27NO/c1-12(2)16-13-4-6-14(7-5-13)8-10-15(3)11-9-14/h12-13H,4-11H2,1-3H3. The van der Waals surface area contributed by atoms with Crippen LogP contribution in [0.5, 0.6) is 0 Å². The van der Waals surface area contributed by atoms with Gasteiger partial charge in [0.1, 0.15) is 0 Å². The van der Waals surface area contributed by atoms with Crippen LogP contribution in [-0.4, -0.2) is 37.2 Å². The van der Waals surface area contributed by atoms with E-state index in [1.165, 1.54) is 51.6 Å². The first kappa shape index (κ1) is 12.4. The first-order valence-electron chi connectivity index (χ1n) is 6.94. The topological polar surface area (TPSA) is 12.5 Å². The molecule has 0 aromatic heterocycles. The molecule has 1 heterocycles. The molecule has 2 aliphatic rings. The predicted octanol–water partition coefficient (Wildman–Crippen LogP) is 3.07. The lowest BCUT2D eigenvalue weighted by Gasteiger charge is -2.45. The molecule has 2 nitrogen and oxygen atoms in total. The molecule has 0 amide bonds. The van der Waals surface area contributed by atoms with Crippen LogP contribution in [0.1, 0.15) is 52.4 Å². The lowest BCUT2D eigenvalue weighted by molar-refractivity contribution is -0.0466. The number of likely N-dealkylation sites (tertiary alicyclic amines) is 1. The van der Waals surface area contributed by atoms with Crippen LogP contribution >= 0.6 is 0 Å². The summed E-state index contributed by atoms with van der Waals surface area (Å²) in [6, 6.07) is 0. The van der Waals surface area contributed by atoms with Gasteiger partial charge < -0.3 is 9.64 Å². The highest BCUT2D eigenvalue weighted by molar-refractivity contribution is 4.90. The fraction of sp³-hybridized carbons (Fsp3) is 1.00. The van der Waals surface area contributed by atoms with Gasteiger partial charge in [-0.25, -0.2) is 0 Å². The van der Waals surface area contributed by atoms with E-state index in [1.807, 2.05) is 0 Å². The summed E-state index contributed by atoms with van der Waals surface area (Å²) in [6.07, 6.45) is 9.16. The highest BCUT2D eigenvalue weighted by atomic mass is 16.5. The van der Waals surface area contributed by atoms with E-state index in [9.17, 15) is 0 Å². The summed E-state index contributed by atoms with van der Waals surface area (Å²) in [5, 5.41) is 0. The molecule has 0 bridgehead atoms. The third-order valence-electron chi connectivity index (χ3n) is 4.51.